The van der Waals surface area contributed by atoms with Gasteiger partial charge in [-0.1, -0.05) is 25.1 Å². The molecular weight excluding hydrogens is 255 g/mol. The van der Waals surface area contributed by atoms with Gasteiger partial charge in [0.1, 0.15) is 18.2 Å². The largest absolute Gasteiger partial charge is 0.491 e. The molecule has 3 rings (SSSR count). The molecular formula is C16H17FN2O. The Morgan fingerprint density at radius 3 is 2.95 bits per heavy atom. The Hall–Kier alpha value is -1.94. The Morgan fingerprint density at radius 1 is 1.35 bits per heavy atom. The lowest BCUT2D eigenvalue weighted by Gasteiger charge is -2.20. The van der Waals surface area contributed by atoms with Crippen molar-refractivity contribution >= 4 is 0 Å². The van der Waals surface area contributed by atoms with Gasteiger partial charge in [-0.05, 0) is 24.6 Å². The molecule has 104 valence electrons. The quantitative estimate of drug-likeness (QED) is 0.926. The van der Waals surface area contributed by atoms with Gasteiger partial charge in [-0.3, -0.25) is 10.3 Å². The monoisotopic (exact) mass is 272 g/mol. The van der Waals surface area contributed by atoms with Crippen molar-refractivity contribution in [3.63, 3.8) is 0 Å². The summed E-state index contributed by atoms with van der Waals surface area (Å²) < 4.78 is 18.6. The number of pyridine rings is 1. The zero-order valence-electron chi connectivity index (χ0n) is 11.3. The second-order valence-electron chi connectivity index (χ2n) is 4.93. The average Bonchev–Trinajstić information content (AvgIpc) is 2.89. The third kappa shape index (κ3) is 2.51. The van der Waals surface area contributed by atoms with E-state index in [4.69, 9.17) is 4.74 Å². The molecule has 1 aliphatic heterocycles. The van der Waals surface area contributed by atoms with Gasteiger partial charge in [0.15, 0.2) is 0 Å². The van der Waals surface area contributed by atoms with Crippen LogP contribution in [0.3, 0.4) is 0 Å². The fourth-order valence-corrected chi connectivity index (χ4v) is 2.55. The zero-order chi connectivity index (χ0) is 13.9. The van der Waals surface area contributed by atoms with Gasteiger partial charge in [-0.15, -0.1) is 0 Å². The number of nitrogens with one attached hydrogen (secondary N) is 1. The summed E-state index contributed by atoms with van der Waals surface area (Å²) in [6.45, 7) is 2.71. The van der Waals surface area contributed by atoms with Gasteiger partial charge in [0.05, 0.1) is 17.9 Å². The van der Waals surface area contributed by atoms with E-state index >= 15 is 0 Å². The van der Waals surface area contributed by atoms with Crippen LogP contribution in [-0.2, 0) is 0 Å². The summed E-state index contributed by atoms with van der Waals surface area (Å²) in [5, 5.41) is 3.55. The lowest BCUT2D eigenvalue weighted by Crippen LogP contribution is -2.27. The summed E-state index contributed by atoms with van der Waals surface area (Å²) in [6.07, 6.45) is 2.15. The van der Waals surface area contributed by atoms with Crippen LogP contribution in [0.4, 0.5) is 4.39 Å². The number of halogens is 1. The predicted molar refractivity (Wildman–Crippen MR) is 75.0 cm³/mol. The van der Waals surface area contributed by atoms with Gasteiger partial charge in [-0.2, -0.15) is 0 Å². The first kappa shape index (κ1) is 13.1. The van der Waals surface area contributed by atoms with E-state index in [1.165, 1.54) is 17.8 Å². The second-order valence-corrected chi connectivity index (χ2v) is 4.93. The SMILES string of the molecule is CCC(NC1COc2ccccc21)c1ccc(F)cn1. The molecule has 1 aromatic carbocycles. The molecule has 4 heteroatoms. The average molecular weight is 272 g/mol. The standard InChI is InChI=1S/C16H17FN2O/c1-2-13(14-8-7-11(17)9-18-14)19-15-10-20-16-6-4-3-5-12(15)16/h3-9,13,15,19H,2,10H2,1H3. The number of hydrogen-bond donors (Lipinski definition) is 1. The maximum absolute atomic E-state index is 13.0. The second kappa shape index (κ2) is 5.59. The van der Waals surface area contributed by atoms with Crippen LogP contribution in [-0.4, -0.2) is 11.6 Å². The Kier molecular flexibility index (Phi) is 3.65. The first-order chi connectivity index (χ1) is 9.78. The number of aromatic nitrogens is 1. The molecule has 1 aliphatic rings. The summed E-state index contributed by atoms with van der Waals surface area (Å²) in [5.41, 5.74) is 2.03. The van der Waals surface area contributed by atoms with E-state index in [1.54, 1.807) is 6.07 Å². The number of fused-ring (bicyclic) bond motifs is 1. The van der Waals surface area contributed by atoms with Gasteiger partial charge in [-0.25, -0.2) is 4.39 Å². The summed E-state index contributed by atoms with van der Waals surface area (Å²) in [7, 11) is 0. The topological polar surface area (TPSA) is 34.1 Å². The fraction of sp³-hybridized carbons (Fsp3) is 0.312. The van der Waals surface area contributed by atoms with Gasteiger partial charge in [0.25, 0.3) is 0 Å². The highest BCUT2D eigenvalue weighted by atomic mass is 19.1. The summed E-state index contributed by atoms with van der Waals surface area (Å²) in [5.74, 6) is 0.630. The molecule has 0 aliphatic carbocycles. The van der Waals surface area contributed by atoms with Crippen LogP contribution in [0.1, 0.15) is 36.7 Å². The Bertz CT molecular complexity index is 585. The Morgan fingerprint density at radius 2 is 2.20 bits per heavy atom. The van der Waals surface area contributed by atoms with Crippen LogP contribution in [0, 0.1) is 5.82 Å². The van der Waals surface area contributed by atoms with Crippen LogP contribution >= 0.6 is 0 Å². The number of rotatable bonds is 4. The fourth-order valence-electron chi connectivity index (χ4n) is 2.55. The molecule has 2 unspecified atom stereocenters. The van der Waals surface area contributed by atoms with Crippen molar-refractivity contribution in [1.29, 1.82) is 0 Å². The van der Waals surface area contributed by atoms with Crippen molar-refractivity contribution in [2.24, 2.45) is 0 Å². The molecule has 2 aromatic rings. The molecule has 20 heavy (non-hydrogen) atoms. The lowest BCUT2D eigenvalue weighted by molar-refractivity contribution is 0.294. The van der Waals surface area contributed by atoms with E-state index in [0.717, 1.165) is 17.9 Å². The van der Waals surface area contributed by atoms with Crippen molar-refractivity contribution in [2.45, 2.75) is 25.4 Å². The van der Waals surface area contributed by atoms with Crippen molar-refractivity contribution in [2.75, 3.05) is 6.61 Å². The third-order valence-electron chi connectivity index (χ3n) is 3.62. The maximum Gasteiger partial charge on any atom is 0.141 e. The molecule has 0 amide bonds. The summed E-state index contributed by atoms with van der Waals surface area (Å²) in [6, 6.07) is 11.5. The number of hydrogen-bond acceptors (Lipinski definition) is 3. The highest BCUT2D eigenvalue weighted by molar-refractivity contribution is 5.39. The van der Waals surface area contributed by atoms with Gasteiger partial charge in [0.2, 0.25) is 0 Å². The summed E-state index contributed by atoms with van der Waals surface area (Å²) in [4.78, 5) is 4.17. The van der Waals surface area contributed by atoms with E-state index in [2.05, 4.69) is 23.3 Å². The number of nitrogens with zero attached hydrogens (tertiary/aromatic N) is 1. The molecule has 2 atom stereocenters. The molecule has 3 nitrogen and oxygen atoms in total. The van der Waals surface area contributed by atoms with Crippen molar-refractivity contribution in [1.82, 2.24) is 10.3 Å². The van der Waals surface area contributed by atoms with Crippen molar-refractivity contribution in [3.05, 3.63) is 59.7 Å². The molecule has 0 saturated carbocycles. The Labute approximate surface area is 117 Å². The molecule has 2 heterocycles. The van der Waals surface area contributed by atoms with Crippen LogP contribution in [0.2, 0.25) is 0 Å². The van der Waals surface area contributed by atoms with Gasteiger partial charge < -0.3 is 4.74 Å². The molecule has 0 fully saturated rings. The molecule has 0 saturated heterocycles. The minimum Gasteiger partial charge on any atom is -0.491 e. The smallest absolute Gasteiger partial charge is 0.141 e. The van der Waals surface area contributed by atoms with E-state index in [9.17, 15) is 4.39 Å². The van der Waals surface area contributed by atoms with Crippen molar-refractivity contribution in [3.8, 4) is 5.75 Å². The zero-order valence-corrected chi connectivity index (χ0v) is 11.3. The number of benzene rings is 1. The maximum atomic E-state index is 13.0. The van der Waals surface area contributed by atoms with Crippen molar-refractivity contribution < 1.29 is 9.13 Å². The van der Waals surface area contributed by atoms with E-state index in [-0.39, 0.29) is 17.9 Å². The molecule has 1 N–H and O–H groups in total. The van der Waals surface area contributed by atoms with E-state index < -0.39 is 0 Å². The third-order valence-corrected chi connectivity index (χ3v) is 3.62. The number of para-hydroxylation sites is 1. The van der Waals surface area contributed by atoms with Crippen LogP contribution in [0.25, 0.3) is 0 Å². The molecule has 0 bridgehead atoms. The molecule has 0 radical (unpaired) electrons. The van der Waals surface area contributed by atoms with E-state index in [1.807, 2.05) is 18.2 Å². The van der Waals surface area contributed by atoms with Crippen LogP contribution in [0.15, 0.2) is 42.6 Å². The van der Waals surface area contributed by atoms with Gasteiger partial charge >= 0.3 is 0 Å². The first-order valence-electron chi connectivity index (χ1n) is 6.87. The van der Waals surface area contributed by atoms with Crippen LogP contribution in [0.5, 0.6) is 5.75 Å². The van der Waals surface area contributed by atoms with E-state index in [0.29, 0.717) is 6.61 Å². The minimum absolute atomic E-state index is 0.0929. The number of ether oxygens (including phenoxy) is 1. The minimum atomic E-state index is -0.307. The highest BCUT2D eigenvalue weighted by Gasteiger charge is 2.26. The Balaban J connectivity index is 1.78. The predicted octanol–water partition coefficient (Wildman–Crippen LogP) is 3.40. The lowest BCUT2D eigenvalue weighted by atomic mass is 10.0. The normalized spacial score (nSPS) is 18.4. The molecule has 0 spiro atoms. The van der Waals surface area contributed by atoms with Gasteiger partial charge in [0, 0.05) is 11.6 Å². The molecule has 1 aromatic heterocycles. The van der Waals surface area contributed by atoms with Crippen LogP contribution < -0.4 is 10.1 Å². The highest BCUT2D eigenvalue weighted by Crippen LogP contribution is 2.33. The first-order valence-corrected chi connectivity index (χ1v) is 6.87. The summed E-state index contributed by atoms with van der Waals surface area (Å²) >= 11 is 0.